The molecule has 0 bridgehead atoms. The fourth-order valence-electron chi connectivity index (χ4n) is 1.51. The van der Waals surface area contributed by atoms with Crippen LogP contribution in [0.2, 0.25) is 5.02 Å². The van der Waals surface area contributed by atoms with Crippen molar-refractivity contribution in [3.05, 3.63) is 57.5 Å². The van der Waals surface area contributed by atoms with Gasteiger partial charge in [-0.15, -0.1) is 0 Å². The molecule has 2 aromatic carbocycles. The molecule has 0 saturated heterocycles. The van der Waals surface area contributed by atoms with Crippen LogP contribution in [0.25, 0.3) is 0 Å². The van der Waals surface area contributed by atoms with Crippen molar-refractivity contribution in [2.45, 2.75) is 0 Å². The molecule has 1 amide bonds. The number of carbonyl (C=O) groups is 1. The van der Waals surface area contributed by atoms with Gasteiger partial charge in [0.1, 0.15) is 5.75 Å². The smallest absolute Gasteiger partial charge is 0.255 e. The Balaban J connectivity index is 2.13. The molecule has 2 rings (SSSR count). The van der Waals surface area contributed by atoms with Crippen molar-refractivity contribution < 1.29 is 9.53 Å². The van der Waals surface area contributed by atoms with E-state index in [1.165, 1.54) is 0 Å². The van der Waals surface area contributed by atoms with E-state index in [1.54, 1.807) is 49.6 Å². The number of benzene rings is 2. The van der Waals surface area contributed by atoms with E-state index in [0.717, 1.165) is 5.75 Å². The van der Waals surface area contributed by atoms with Gasteiger partial charge in [0.25, 0.3) is 5.91 Å². The Bertz CT molecular complexity index is 599. The summed E-state index contributed by atoms with van der Waals surface area (Å²) in [6.07, 6.45) is 0. The Morgan fingerprint density at radius 1 is 1.21 bits per heavy atom. The number of amides is 1. The largest absolute Gasteiger partial charge is 0.497 e. The van der Waals surface area contributed by atoms with Crippen LogP contribution < -0.4 is 10.1 Å². The van der Waals surface area contributed by atoms with Gasteiger partial charge in [0.15, 0.2) is 0 Å². The number of rotatable bonds is 3. The molecule has 5 heteroatoms. The van der Waals surface area contributed by atoms with Crippen LogP contribution in [0.4, 0.5) is 5.69 Å². The van der Waals surface area contributed by atoms with E-state index in [2.05, 4.69) is 21.2 Å². The lowest BCUT2D eigenvalue weighted by Crippen LogP contribution is -2.11. The third-order valence-electron chi connectivity index (χ3n) is 2.53. The second kappa shape index (κ2) is 6.08. The molecule has 0 unspecified atom stereocenters. The Kier molecular flexibility index (Phi) is 4.45. The summed E-state index contributed by atoms with van der Waals surface area (Å²) in [5.74, 6) is 0.551. The first-order valence-electron chi connectivity index (χ1n) is 5.50. The van der Waals surface area contributed by atoms with Crippen LogP contribution in [0.5, 0.6) is 5.75 Å². The van der Waals surface area contributed by atoms with E-state index in [-0.39, 0.29) is 5.91 Å². The third kappa shape index (κ3) is 3.49. The van der Waals surface area contributed by atoms with Gasteiger partial charge in [-0.3, -0.25) is 4.79 Å². The lowest BCUT2D eigenvalue weighted by Gasteiger charge is -2.07. The highest BCUT2D eigenvalue weighted by Crippen LogP contribution is 2.24. The lowest BCUT2D eigenvalue weighted by molar-refractivity contribution is 0.102. The molecule has 3 nitrogen and oxygen atoms in total. The third-order valence-corrected chi connectivity index (χ3v) is 3.74. The first-order valence-corrected chi connectivity index (χ1v) is 6.67. The lowest BCUT2D eigenvalue weighted by atomic mass is 10.2. The van der Waals surface area contributed by atoms with Crippen molar-refractivity contribution in [2.24, 2.45) is 0 Å². The number of halogens is 2. The summed E-state index contributed by atoms with van der Waals surface area (Å²) in [5, 5.41) is 3.37. The van der Waals surface area contributed by atoms with Crippen molar-refractivity contribution >= 4 is 39.1 Å². The minimum absolute atomic E-state index is 0.192. The quantitative estimate of drug-likeness (QED) is 0.901. The predicted octanol–water partition coefficient (Wildman–Crippen LogP) is 4.36. The topological polar surface area (TPSA) is 38.3 Å². The highest BCUT2D eigenvalue weighted by molar-refractivity contribution is 9.10. The van der Waals surface area contributed by atoms with Crippen LogP contribution >= 0.6 is 27.5 Å². The molecule has 0 spiro atoms. The van der Waals surface area contributed by atoms with Gasteiger partial charge in [0, 0.05) is 15.7 Å². The summed E-state index contributed by atoms with van der Waals surface area (Å²) in [5.41, 5.74) is 1.24. The monoisotopic (exact) mass is 339 g/mol. The maximum Gasteiger partial charge on any atom is 0.255 e. The number of ether oxygens (including phenoxy) is 1. The number of carbonyl (C=O) groups excluding carboxylic acids is 1. The van der Waals surface area contributed by atoms with Gasteiger partial charge >= 0.3 is 0 Å². The van der Waals surface area contributed by atoms with Crippen molar-refractivity contribution in [3.8, 4) is 5.75 Å². The van der Waals surface area contributed by atoms with Gasteiger partial charge in [-0.1, -0.05) is 11.6 Å². The van der Waals surface area contributed by atoms with E-state index < -0.39 is 0 Å². The molecule has 0 saturated carbocycles. The average molecular weight is 341 g/mol. The van der Waals surface area contributed by atoms with Crippen LogP contribution in [0.3, 0.4) is 0 Å². The Morgan fingerprint density at radius 3 is 2.47 bits per heavy atom. The SMILES string of the molecule is COc1ccc(NC(=O)c2ccc(Cl)c(Br)c2)cc1. The first kappa shape index (κ1) is 13.9. The van der Waals surface area contributed by atoms with Gasteiger partial charge in [-0.25, -0.2) is 0 Å². The number of anilines is 1. The summed E-state index contributed by atoms with van der Waals surface area (Å²) in [4.78, 5) is 12.0. The zero-order valence-electron chi connectivity index (χ0n) is 10.1. The molecule has 0 radical (unpaired) electrons. The highest BCUT2D eigenvalue weighted by Gasteiger charge is 2.08. The number of hydrogen-bond donors (Lipinski definition) is 1. The molecule has 0 aromatic heterocycles. The molecule has 0 fully saturated rings. The van der Waals surface area contributed by atoms with Crippen LogP contribution in [0.1, 0.15) is 10.4 Å². The zero-order valence-corrected chi connectivity index (χ0v) is 12.5. The highest BCUT2D eigenvalue weighted by atomic mass is 79.9. The molecule has 1 N–H and O–H groups in total. The summed E-state index contributed by atoms with van der Waals surface area (Å²) in [6.45, 7) is 0. The van der Waals surface area contributed by atoms with Gasteiger partial charge < -0.3 is 10.1 Å². The molecule has 0 aliphatic heterocycles. The zero-order chi connectivity index (χ0) is 13.8. The van der Waals surface area contributed by atoms with Crippen LogP contribution in [-0.2, 0) is 0 Å². The molecule has 0 atom stereocenters. The van der Waals surface area contributed by atoms with E-state index in [9.17, 15) is 4.79 Å². The average Bonchev–Trinajstić information content (AvgIpc) is 2.42. The molecule has 2 aromatic rings. The van der Waals surface area contributed by atoms with E-state index >= 15 is 0 Å². The second-order valence-corrected chi connectivity index (χ2v) is 5.07. The Labute approximate surface area is 124 Å². The first-order chi connectivity index (χ1) is 9.10. The van der Waals surface area contributed by atoms with Crippen molar-refractivity contribution in [3.63, 3.8) is 0 Å². The van der Waals surface area contributed by atoms with Gasteiger partial charge in [-0.2, -0.15) is 0 Å². The van der Waals surface area contributed by atoms with E-state index in [1.807, 2.05) is 0 Å². The van der Waals surface area contributed by atoms with Crippen molar-refractivity contribution in [2.75, 3.05) is 12.4 Å². The van der Waals surface area contributed by atoms with Crippen LogP contribution in [0.15, 0.2) is 46.9 Å². The Morgan fingerprint density at radius 2 is 1.89 bits per heavy atom. The summed E-state index contributed by atoms with van der Waals surface area (Å²) in [6, 6.07) is 12.2. The number of hydrogen-bond acceptors (Lipinski definition) is 2. The molecule has 0 aliphatic rings. The molecule has 98 valence electrons. The predicted molar refractivity (Wildman–Crippen MR) is 80.1 cm³/mol. The molecule has 19 heavy (non-hydrogen) atoms. The molecule has 0 aliphatic carbocycles. The van der Waals surface area contributed by atoms with Crippen molar-refractivity contribution in [1.29, 1.82) is 0 Å². The molecular formula is C14H11BrClNO2. The summed E-state index contributed by atoms with van der Waals surface area (Å²) < 4.78 is 5.75. The van der Waals surface area contributed by atoms with Gasteiger partial charge in [-0.05, 0) is 58.4 Å². The van der Waals surface area contributed by atoms with Gasteiger partial charge in [0.2, 0.25) is 0 Å². The van der Waals surface area contributed by atoms with Gasteiger partial charge in [0.05, 0.1) is 12.1 Å². The number of methoxy groups -OCH3 is 1. The molecular weight excluding hydrogens is 330 g/mol. The van der Waals surface area contributed by atoms with E-state index in [0.29, 0.717) is 20.7 Å². The minimum atomic E-state index is -0.192. The number of nitrogens with one attached hydrogen (secondary N) is 1. The maximum atomic E-state index is 12.0. The Hall–Kier alpha value is -1.52. The van der Waals surface area contributed by atoms with Crippen LogP contribution in [0, 0.1) is 0 Å². The normalized spacial score (nSPS) is 10.1. The molecule has 0 heterocycles. The summed E-state index contributed by atoms with van der Waals surface area (Å²) >= 11 is 9.18. The standard InChI is InChI=1S/C14H11BrClNO2/c1-19-11-5-3-10(4-6-11)17-14(18)9-2-7-13(16)12(15)8-9/h2-8H,1H3,(H,17,18). The fourth-order valence-corrected chi connectivity index (χ4v) is 2.01. The summed E-state index contributed by atoms with van der Waals surface area (Å²) in [7, 11) is 1.60. The fraction of sp³-hybridized carbons (Fsp3) is 0.0714. The maximum absolute atomic E-state index is 12.0. The van der Waals surface area contributed by atoms with E-state index in [4.69, 9.17) is 16.3 Å². The van der Waals surface area contributed by atoms with Crippen molar-refractivity contribution in [1.82, 2.24) is 0 Å². The second-order valence-electron chi connectivity index (χ2n) is 3.81. The minimum Gasteiger partial charge on any atom is -0.497 e. The van der Waals surface area contributed by atoms with Crippen LogP contribution in [-0.4, -0.2) is 13.0 Å².